The van der Waals surface area contributed by atoms with Crippen LogP contribution in [0.5, 0.6) is 0 Å². The third-order valence-electron chi connectivity index (χ3n) is 3.88. The maximum atomic E-state index is 12.3. The second kappa shape index (κ2) is 5.90. The molecule has 4 nitrogen and oxygen atoms in total. The summed E-state index contributed by atoms with van der Waals surface area (Å²) in [4.78, 5) is 16.5. The first kappa shape index (κ1) is 14.3. The van der Waals surface area contributed by atoms with Crippen molar-refractivity contribution >= 4 is 24.0 Å². The van der Waals surface area contributed by atoms with E-state index in [4.69, 9.17) is 0 Å². The van der Waals surface area contributed by atoms with Crippen LogP contribution in [0.2, 0.25) is 0 Å². The molecule has 0 aliphatic carbocycles. The Bertz CT molecular complexity index is 449. The normalized spacial score (nSPS) is 23.1. The van der Waals surface area contributed by atoms with Gasteiger partial charge in [0, 0.05) is 25.3 Å². The van der Waals surface area contributed by atoms with Crippen molar-refractivity contribution in [3.8, 4) is 0 Å². The number of benzene rings is 1. The van der Waals surface area contributed by atoms with Gasteiger partial charge in [0.05, 0.1) is 6.67 Å². The van der Waals surface area contributed by atoms with E-state index in [1.807, 2.05) is 4.90 Å². The fourth-order valence-corrected chi connectivity index (χ4v) is 2.71. The average molecular weight is 282 g/mol. The zero-order chi connectivity index (χ0) is 12.5. The van der Waals surface area contributed by atoms with E-state index in [1.54, 1.807) is 0 Å². The molecule has 1 atom stereocenters. The van der Waals surface area contributed by atoms with E-state index in [-0.39, 0.29) is 24.4 Å². The maximum absolute atomic E-state index is 12.3. The minimum absolute atomic E-state index is 0. The van der Waals surface area contributed by atoms with Crippen molar-refractivity contribution in [1.82, 2.24) is 10.2 Å². The molecule has 2 fully saturated rings. The van der Waals surface area contributed by atoms with E-state index in [0.717, 1.165) is 38.4 Å². The molecule has 2 saturated heterocycles. The molecule has 0 radical (unpaired) electrons. The van der Waals surface area contributed by atoms with Gasteiger partial charge in [0.15, 0.2) is 0 Å². The molecule has 0 aromatic heterocycles. The zero-order valence-corrected chi connectivity index (χ0v) is 11.9. The number of carbonyl (C=O) groups is 1. The summed E-state index contributed by atoms with van der Waals surface area (Å²) >= 11 is 0. The van der Waals surface area contributed by atoms with E-state index >= 15 is 0 Å². The van der Waals surface area contributed by atoms with Gasteiger partial charge in [-0.3, -0.25) is 14.6 Å². The highest BCUT2D eigenvalue weighted by molar-refractivity contribution is 5.99. The van der Waals surface area contributed by atoms with Crippen LogP contribution in [0, 0.1) is 0 Å². The molecule has 2 aliphatic heterocycles. The quantitative estimate of drug-likeness (QED) is 0.886. The van der Waals surface area contributed by atoms with Crippen LogP contribution in [0.25, 0.3) is 0 Å². The topological polar surface area (TPSA) is 35.6 Å². The molecule has 1 unspecified atom stereocenters. The first-order valence-electron chi connectivity index (χ1n) is 6.64. The van der Waals surface area contributed by atoms with Gasteiger partial charge >= 0.3 is 0 Å². The minimum atomic E-state index is 0. The lowest BCUT2D eigenvalue weighted by atomic mass is 10.1. The van der Waals surface area contributed by atoms with Gasteiger partial charge in [-0.2, -0.15) is 0 Å². The van der Waals surface area contributed by atoms with Gasteiger partial charge in [-0.25, -0.2) is 0 Å². The number of aryl methyl sites for hydroxylation is 1. The number of halogens is 1. The number of rotatable bonds is 2. The Labute approximate surface area is 120 Å². The van der Waals surface area contributed by atoms with Crippen molar-refractivity contribution in [2.45, 2.75) is 19.4 Å². The Morgan fingerprint density at radius 3 is 2.68 bits per heavy atom. The van der Waals surface area contributed by atoms with Gasteiger partial charge in [-0.1, -0.05) is 19.1 Å². The molecule has 3 rings (SSSR count). The van der Waals surface area contributed by atoms with Crippen molar-refractivity contribution in [2.75, 3.05) is 31.2 Å². The van der Waals surface area contributed by atoms with Crippen LogP contribution in [0.3, 0.4) is 0 Å². The summed E-state index contributed by atoms with van der Waals surface area (Å²) in [6.45, 7) is 5.59. The highest BCUT2D eigenvalue weighted by Crippen LogP contribution is 2.24. The highest BCUT2D eigenvalue weighted by Gasteiger charge is 2.39. The van der Waals surface area contributed by atoms with E-state index in [2.05, 4.69) is 41.4 Å². The zero-order valence-electron chi connectivity index (χ0n) is 11.1. The van der Waals surface area contributed by atoms with E-state index < -0.39 is 0 Å². The Morgan fingerprint density at radius 1 is 1.32 bits per heavy atom. The molecule has 1 N–H and O–H groups in total. The highest BCUT2D eigenvalue weighted by atomic mass is 35.5. The van der Waals surface area contributed by atoms with Crippen LogP contribution in [0.15, 0.2) is 24.3 Å². The molecular formula is C14H20ClN3O. The minimum Gasteiger partial charge on any atom is -0.313 e. The molecule has 1 aromatic rings. The van der Waals surface area contributed by atoms with Crippen LogP contribution in [-0.2, 0) is 11.2 Å². The SMILES string of the molecule is CCc1ccc(N2CN3CCNCC3C2=O)cc1.Cl. The number of nitrogens with one attached hydrogen (secondary N) is 1. The summed E-state index contributed by atoms with van der Waals surface area (Å²) in [5.74, 6) is 0.228. The number of piperazine rings is 1. The monoisotopic (exact) mass is 281 g/mol. The van der Waals surface area contributed by atoms with Crippen molar-refractivity contribution in [3.05, 3.63) is 29.8 Å². The summed E-state index contributed by atoms with van der Waals surface area (Å²) in [6, 6.07) is 8.37. The molecule has 0 saturated carbocycles. The van der Waals surface area contributed by atoms with Crippen molar-refractivity contribution < 1.29 is 4.79 Å². The van der Waals surface area contributed by atoms with Crippen LogP contribution >= 0.6 is 12.4 Å². The molecule has 2 aliphatic rings. The predicted octanol–water partition coefficient (Wildman–Crippen LogP) is 1.25. The number of amides is 1. The number of carbonyl (C=O) groups excluding carboxylic acids is 1. The molecule has 19 heavy (non-hydrogen) atoms. The van der Waals surface area contributed by atoms with Crippen molar-refractivity contribution in [1.29, 1.82) is 0 Å². The van der Waals surface area contributed by atoms with Crippen LogP contribution < -0.4 is 10.2 Å². The maximum Gasteiger partial charge on any atom is 0.246 e. The van der Waals surface area contributed by atoms with Gasteiger partial charge in [0.2, 0.25) is 5.91 Å². The van der Waals surface area contributed by atoms with Crippen molar-refractivity contribution in [3.63, 3.8) is 0 Å². The summed E-state index contributed by atoms with van der Waals surface area (Å²) in [6.07, 6.45) is 1.03. The number of fused-ring (bicyclic) bond motifs is 1. The van der Waals surface area contributed by atoms with Crippen molar-refractivity contribution in [2.24, 2.45) is 0 Å². The number of nitrogens with zero attached hydrogens (tertiary/aromatic N) is 2. The lowest BCUT2D eigenvalue weighted by molar-refractivity contribution is -0.119. The first-order valence-corrected chi connectivity index (χ1v) is 6.64. The second-order valence-corrected chi connectivity index (χ2v) is 4.96. The largest absolute Gasteiger partial charge is 0.313 e. The van der Waals surface area contributed by atoms with Gasteiger partial charge < -0.3 is 5.32 Å². The summed E-state index contributed by atoms with van der Waals surface area (Å²) in [5, 5.41) is 3.29. The summed E-state index contributed by atoms with van der Waals surface area (Å²) in [7, 11) is 0. The number of hydrogen-bond acceptors (Lipinski definition) is 3. The lowest BCUT2D eigenvalue weighted by Crippen LogP contribution is -2.50. The molecule has 5 heteroatoms. The average Bonchev–Trinajstić information content (AvgIpc) is 2.77. The molecular weight excluding hydrogens is 262 g/mol. The Hall–Kier alpha value is -1.10. The van der Waals surface area contributed by atoms with E-state index in [0.29, 0.717) is 0 Å². The fraction of sp³-hybridized carbons (Fsp3) is 0.500. The lowest BCUT2D eigenvalue weighted by Gasteiger charge is -2.26. The molecule has 2 heterocycles. The van der Waals surface area contributed by atoms with Crippen LogP contribution in [0.1, 0.15) is 12.5 Å². The third kappa shape index (κ3) is 2.61. The smallest absolute Gasteiger partial charge is 0.246 e. The predicted molar refractivity (Wildman–Crippen MR) is 78.8 cm³/mol. The Balaban J connectivity index is 0.00000133. The fourth-order valence-electron chi connectivity index (χ4n) is 2.71. The molecule has 1 amide bonds. The molecule has 104 valence electrons. The number of hydrogen-bond donors (Lipinski definition) is 1. The van der Waals surface area contributed by atoms with Gasteiger partial charge in [-0.15, -0.1) is 12.4 Å². The summed E-state index contributed by atoms with van der Waals surface area (Å²) in [5.41, 5.74) is 2.33. The van der Waals surface area contributed by atoms with E-state index in [1.165, 1.54) is 5.56 Å². The van der Waals surface area contributed by atoms with Gasteiger partial charge in [-0.05, 0) is 24.1 Å². The van der Waals surface area contributed by atoms with Crippen LogP contribution in [-0.4, -0.2) is 43.2 Å². The molecule has 0 bridgehead atoms. The van der Waals surface area contributed by atoms with Gasteiger partial charge in [0.1, 0.15) is 6.04 Å². The molecule has 1 aromatic carbocycles. The standard InChI is InChI=1S/C14H19N3O.ClH/c1-2-11-3-5-12(6-4-11)17-10-16-8-7-15-9-13(16)14(17)18;/h3-6,13,15H,2,7-10H2,1H3;1H. The van der Waals surface area contributed by atoms with Crippen LogP contribution in [0.4, 0.5) is 5.69 Å². The molecule has 0 spiro atoms. The van der Waals surface area contributed by atoms with Gasteiger partial charge in [0.25, 0.3) is 0 Å². The number of anilines is 1. The Morgan fingerprint density at radius 2 is 2.05 bits per heavy atom. The Kier molecular flexibility index (Phi) is 4.45. The third-order valence-corrected chi connectivity index (χ3v) is 3.88. The second-order valence-electron chi connectivity index (χ2n) is 4.96. The summed E-state index contributed by atoms with van der Waals surface area (Å²) < 4.78 is 0. The van der Waals surface area contributed by atoms with E-state index in [9.17, 15) is 4.79 Å². The first-order chi connectivity index (χ1) is 8.79.